The Hall–Kier alpha value is -3.38. The van der Waals surface area contributed by atoms with Crippen molar-refractivity contribution in [2.75, 3.05) is 11.1 Å². The lowest BCUT2D eigenvalue weighted by Crippen LogP contribution is -2.28. The third-order valence-electron chi connectivity index (χ3n) is 5.54. The maximum atomic E-state index is 13.4. The fourth-order valence-corrected chi connectivity index (χ4v) is 5.77. The van der Waals surface area contributed by atoms with Crippen LogP contribution in [0.5, 0.6) is 0 Å². The Kier molecular flexibility index (Phi) is 8.26. The third-order valence-corrected chi connectivity index (χ3v) is 7.78. The van der Waals surface area contributed by atoms with Gasteiger partial charge in [-0.1, -0.05) is 47.6 Å². The summed E-state index contributed by atoms with van der Waals surface area (Å²) in [4.78, 5) is 31.1. The third kappa shape index (κ3) is 6.05. The molecule has 0 spiro atoms. The number of nitriles is 1. The van der Waals surface area contributed by atoms with E-state index < -0.39 is 11.8 Å². The molecule has 2 N–H and O–H groups in total. The summed E-state index contributed by atoms with van der Waals surface area (Å²) in [6, 6.07) is 13.6. The van der Waals surface area contributed by atoms with E-state index in [1.54, 1.807) is 25.2 Å². The number of hydrogen-bond acceptors (Lipinski definition) is 6. The molecule has 0 bridgehead atoms. The molecule has 182 valence electrons. The number of thiophene rings is 1. The molecule has 1 aliphatic carbocycles. The van der Waals surface area contributed by atoms with Crippen molar-refractivity contribution in [1.29, 1.82) is 5.26 Å². The number of nitrogens with zero attached hydrogens (tertiary/aromatic N) is 2. The van der Waals surface area contributed by atoms with Crippen LogP contribution in [-0.4, -0.2) is 23.3 Å². The van der Waals surface area contributed by atoms with E-state index >= 15 is 0 Å². The molecular formula is C27H23ClN4O2S2. The van der Waals surface area contributed by atoms with Gasteiger partial charge in [0.15, 0.2) is 0 Å². The number of thioether (sulfide) groups is 1. The topological polar surface area (TPSA) is 94.3 Å². The van der Waals surface area contributed by atoms with Gasteiger partial charge >= 0.3 is 0 Å². The smallest absolute Gasteiger partial charge is 0.275 e. The highest BCUT2D eigenvalue weighted by Gasteiger charge is 2.35. The van der Waals surface area contributed by atoms with Crippen molar-refractivity contribution in [1.82, 2.24) is 5.32 Å². The molecule has 9 heteroatoms. The van der Waals surface area contributed by atoms with Crippen LogP contribution in [0.25, 0.3) is 0 Å². The first-order valence-corrected chi connectivity index (χ1v) is 13.4. The number of rotatable bonds is 6. The second-order valence-electron chi connectivity index (χ2n) is 8.21. The van der Waals surface area contributed by atoms with Gasteiger partial charge in [-0.25, -0.2) is 4.99 Å². The zero-order valence-corrected chi connectivity index (χ0v) is 22.1. The Morgan fingerprint density at radius 2 is 2.11 bits per heavy atom. The van der Waals surface area contributed by atoms with Gasteiger partial charge in [0, 0.05) is 33.4 Å². The first kappa shape index (κ1) is 25.7. The maximum absolute atomic E-state index is 13.4. The number of aryl methyl sites for hydroxylation is 1. The van der Waals surface area contributed by atoms with Crippen molar-refractivity contribution >= 4 is 57.9 Å². The molecule has 0 radical (unpaired) electrons. The predicted octanol–water partition coefficient (Wildman–Crippen LogP) is 6.17. The molecule has 36 heavy (non-hydrogen) atoms. The number of dihydropyridines is 1. The molecule has 0 saturated carbocycles. The number of carbonyl (C=O) groups is 2. The van der Waals surface area contributed by atoms with Crippen LogP contribution in [0.2, 0.25) is 0 Å². The van der Waals surface area contributed by atoms with Crippen molar-refractivity contribution in [2.24, 2.45) is 4.99 Å². The van der Waals surface area contributed by atoms with Gasteiger partial charge in [0.25, 0.3) is 5.91 Å². The summed E-state index contributed by atoms with van der Waals surface area (Å²) in [6.07, 6.45) is 5.68. The van der Waals surface area contributed by atoms with Crippen molar-refractivity contribution in [3.63, 3.8) is 0 Å². The Morgan fingerprint density at radius 3 is 2.78 bits per heavy atom. The van der Waals surface area contributed by atoms with Crippen LogP contribution in [0, 0.1) is 18.3 Å². The molecule has 1 aliphatic heterocycles. The van der Waals surface area contributed by atoms with E-state index in [2.05, 4.69) is 21.7 Å². The fraction of sp³-hybridized carbons (Fsp3) is 0.185. The molecule has 1 unspecified atom stereocenters. The molecule has 1 atom stereocenters. The highest BCUT2D eigenvalue weighted by atomic mass is 35.5. The number of allylic oxidation sites excluding steroid dienone is 6. The van der Waals surface area contributed by atoms with E-state index in [1.807, 2.05) is 48.7 Å². The lowest BCUT2D eigenvalue weighted by Gasteiger charge is -2.28. The van der Waals surface area contributed by atoms with E-state index in [9.17, 15) is 14.9 Å². The quantitative estimate of drug-likeness (QED) is 0.462. The van der Waals surface area contributed by atoms with E-state index in [1.165, 1.54) is 23.1 Å². The SMILES string of the molecule is CC1=C(C(=O)N=C2C=CC(Cl)=CC2)C(c2cccs2)C(C#N)=C(SCC(=O)Nc2cccc(C)c2)N1. The minimum atomic E-state index is -0.567. The normalized spacial score (nSPS) is 18.6. The van der Waals surface area contributed by atoms with Crippen molar-refractivity contribution in [3.05, 3.63) is 97.4 Å². The lowest BCUT2D eigenvalue weighted by atomic mass is 9.86. The van der Waals surface area contributed by atoms with E-state index in [-0.39, 0.29) is 11.7 Å². The second-order valence-corrected chi connectivity index (χ2v) is 10.6. The van der Waals surface area contributed by atoms with Gasteiger partial charge in [0.1, 0.15) is 0 Å². The summed E-state index contributed by atoms with van der Waals surface area (Å²) in [7, 11) is 0. The Morgan fingerprint density at radius 1 is 1.28 bits per heavy atom. The van der Waals surface area contributed by atoms with Gasteiger partial charge in [-0.2, -0.15) is 5.26 Å². The Bertz CT molecular complexity index is 1390. The summed E-state index contributed by atoms with van der Waals surface area (Å²) in [5, 5.41) is 19.3. The van der Waals surface area contributed by atoms with Gasteiger partial charge in [-0.15, -0.1) is 11.3 Å². The first-order chi connectivity index (χ1) is 17.4. The fourth-order valence-electron chi connectivity index (χ4n) is 3.90. The van der Waals surface area contributed by atoms with Crippen LogP contribution >= 0.6 is 34.7 Å². The van der Waals surface area contributed by atoms with Gasteiger partial charge in [-0.05, 0) is 55.1 Å². The number of halogens is 1. The van der Waals surface area contributed by atoms with Gasteiger partial charge in [0.05, 0.1) is 33.9 Å². The molecule has 0 saturated heterocycles. The van der Waals surface area contributed by atoms with Crippen LogP contribution < -0.4 is 10.6 Å². The molecule has 2 amide bonds. The van der Waals surface area contributed by atoms with Gasteiger partial charge in [0.2, 0.25) is 5.91 Å². The second kappa shape index (κ2) is 11.6. The number of anilines is 1. The Balaban J connectivity index is 1.59. The summed E-state index contributed by atoms with van der Waals surface area (Å²) in [5.41, 5.74) is 3.79. The number of hydrogen-bond donors (Lipinski definition) is 2. The molecule has 6 nitrogen and oxygen atoms in total. The zero-order valence-electron chi connectivity index (χ0n) is 19.7. The summed E-state index contributed by atoms with van der Waals surface area (Å²) in [6.45, 7) is 3.75. The first-order valence-electron chi connectivity index (χ1n) is 11.2. The van der Waals surface area contributed by atoms with Crippen molar-refractivity contribution in [3.8, 4) is 6.07 Å². The van der Waals surface area contributed by atoms with Crippen LogP contribution in [0.15, 0.2) is 91.9 Å². The zero-order chi connectivity index (χ0) is 25.7. The van der Waals surface area contributed by atoms with Crippen LogP contribution in [0.3, 0.4) is 0 Å². The van der Waals surface area contributed by atoms with Crippen LogP contribution in [-0.2, 0) is 9.59 Å². The number of nitrogens with one attached hydrogen (secondary N) is 2. The van der Waals surface area contributed by atoms with E-state index in [4.69, 9.17) is 11.6 Å². The lowest BCUT2D eigenvalue weighted by molar-refractivity contribution is -0.115. The molecule has 2 aliphatic rings. The van der Waals surface area contributed by atoms with E-state index in [0.29, 0.717) is 39.0 Å². The summed E-state index contributed by atoms with van der Waals surface area (Å²) >= 11 is 8.69. The molecule has 1 aromatic carbocycles. The van der Waals surface area contributed by atoms with Crippen LogP contribution in [0.4, 0.5) is 5.69 Å². The molecule has 0 fully saturated rings. The average Bonchev–Trinajstić information content (AvgIpc) is 3.38. The Labute approximate surface area is 223 Å². The number of amides is 2. The molecule has 2 heterocycles. The highest BCUT2D eigenvalue weighted by Crippen LogP contribution is 2.42. The molecular weight excluding hydrogens is 512 g/mol. The van der Waals surface area contributed by atoms with Crippen molar-refractivity contribution in [2.45, 2.75) is 26.2 Å². The minimum Gasteiger partial charge on any atom is -0.353 e. The summed E-state index contributed by atoms with van der Waals surface area (Å²) in [5.74, 6) is -1.05. The van der Waals surface area contributed by atoms with Crippen molar-refractivity contribution < 1.29 is 9.59 Å². The maximum Gasteiger partial charge on any atom is 0.275 e. The summed E-state index contributed by atoms with van der Waals surface area (Å²) < 4.78 is 0. The molecule has 4 rings (SSSR count). The number of benzene rings is 1. The standard InChI is InChI=1S/C27H23ClN4O2S2/c1-16-5-3-6-20(13-16)31-23(33)15-36-27-21(14-29)25(22-7-4-12-35-22)24(17(2)30-27)26(34)32-19-10-8-18(28)9-11-19/h3-10,12-13,25,30H,11,15H2,1-2H3,(H,31,33). The monoisotopic (exact) mass is 534 g/mol. The predicted molar refractivity (Wildman–Crippen MR) is 148 cm³/mol. The molecule has 2 aromatic rings. The van der Waals surface area contributed by atoms with Gasteiger partial charge < -0.3 is 10.6 Å². The number of aliphatic imine (C=N–C) groups is 1. The van der Waals surface area contributed by atoms with Crippen LogP contribution in [0.1, 0.15) is 29.7 Å². The van der Waals surface area contributed by atoms with Gasteiger partial charge in [-0.3, -0.25) is 9.59 Å². The highest BCUT2D eigenvalue weighted by molar-refractivity contribution is 8.03. The minimum absolute atomic E-state index is 0.107. The van der Waals surface area contributed by atoms with E-state index in [0.717, 1.165) is 16.1 Å². The largest absolute Gasteiger partial charge is 0.353 e. The molecule has 1 aromatic heterocycles. The number of carbonyl (C=O) groups excluding carboxylic acids is 2. The average molecular weight is 535 g/mol.